The number of anilines is 1. The van der Waals surface area contributed by atoms with Crippen LogP contribution in [0.5, 0.6) is 0 Å². The molecule has 106 valence electrons. The molecule has 0 spiro atoms. The summed E-state index contributed by atoms with van der Waals surface area (Å²) < 4.78 is 0. The molecule has 0 aromatic heterocycles. The smallest absolute Gasteiger partial charge is 0.0407 e. The van der Waals surface area contributed by atoms with Gasteiger partial charge in [0.15, 0.2) is 0 Å². The van der Waals surface area contributed by atoms with E-state index in [2.05, 4.69) is 17.3 Å². The van der Waals surface area contributed by atoms with Gasteiger partial charge in [0.1, 0.15) is 0 Å². The Hall–Kier alpha value is -0.730. The van der Waals surface area contributed by atoms with Crippen molar-refractivity contribution in [1.29, 1.82) is 0 Å². The Morgan fingerprint density at radius 2 is 1.74 bits per heavy atom. The van der Waals surface area contributed by atoms with Crippen LogP contribution in [0.4, 0.5) is 5.69 Å². The summed E-state index contributed by atoms with van der Waals surface area (Å²) in [5, 5.41) is 4.25. The van der Waals surface area contributed by atoms with E-state index in [4.69, 9.17) is 11.6 Å². The van der Waals surface area contributed by atoms with E-state index in [1.54, 1.807) is 0 Å². The molecule has 1 fully saturated rings. The van der Waals surface area contributed by atoms with Crippen LogP contribution >= 0.6 is 11.6 Å². The average molecular weight is 281 g/mol. The van der Waals surface area contributed by atoms with Crippen molar-refractivity contribution < 1.29 is 0 Å². The minimum Gasteiger partial charge on any atom is -0.384 e. The molecular weight excluding hydrogens is 256 g/mol. The number of rotatable bonds is 5. The quantitative estimate of drug-likeness (QED) is 0.804. The van der Waals surface area contributed by atoms with Gasteiger partial charge in [0, 0.05) is 29.8 Å². The maximum absolute atomic E-state index is 5.88. The molecule has 0 radical (unpaired) electrons. The van der Waals surface area contributed by atoms with Gasteiger partial charge in [-0.2, -0.15) is 0 Å². The van der Waals surface area contributed by atoms with Crippen molar-refractivity contribution in [3.63, 3.8) is 0 Å². The first-order valence-corrected chi connectivity index (χ1v) is 7.83. The van der Waals surface area contributed by atoms with Crippen molar-refractivity contribution >= 4 is 17.3 Å². The third-order valence-electron chi connectivity index (χ3n) is 4.09. The van der Waals surface area contributed by atoms with Crippen LogP contribution in [0.1, 0.15) is 38.5 Å². The molecule has 1 aromatic carbocycles. The summed E-state index contributed by atoms with van der Waals surface area (Å²) in [6.07, 6.45) is 8.40. The van der Waals surface area contributed by atoms with E-state index in [0.29, 0.717) is 0 Å². The van der Waals surface area contributed by atoms with Crippen LogP contribution in [0.2, 0.25) is 5.02 Å². The zero-order chi connectivity index (χ0) is 13.5. The van der Waals surface area contributed by atoms with Gasteiger partial charge >= 0.3 is 0 Å². The van der Waals surface area contributed by atoms with Crippen LogP contribution < -0.4 is 5.32 Å². The third kappa shape index (κ3) is 5.04. The Morgan fingerprint density at radius 1 is 1.11 bits per heavy atom. The van der Waals surface area contributed by atoms with Crippen LogP contribution in [-0.4, -0.2) is 31.1 Å². The Bertz CT molecular complexity index is 356. The molecule has 0 aliphatic heterocycles. The van der Waals surface area contributed by atoms with Crippen molar-refractivity contribution in [2.24, 2.45) is 0 Å². The lowest BCUT2D eigenvalue weighted by atomic mass is 10.1. The minimum absolute atomic E-state index is 0.787. The van der Waals surface area contributed by atoms with Gasteiger partial charge in [-0.15, -0.1) is 0 Å². The lowest BCUT2D eigenvalue weighted by Crippen LogP contribution is -2.34. The summed E-state index contributed by atoms with van der Waals surface area (Å²) in [7, 11) is 2.26. The fourth-order valence-corrected chi connectivity index (χ4v) is 2.95. The highest BCUT2D eigenvalue weighted by atomic mass is 35.5. The van der Waals surface area contributed by atoms with E-state index in [1.165, 1.54) is 38.5 Å². The SMILES string of the molecule is CN(CCNc1ccc(Cl)cc1)C1CCCCCC1. The van der Waals surface area contributed by atoms with E-state index >= 15 is 0 Å². The van der Waals surface area contributed by atoms with Crippen molar-refractivity contribution in [3.05, 3.63) is 29.3 Å². The molecular formula is C16H25ClN2. The molecule has 0 heterocycles. The molecule has 0 unspecified atom stereocenters. The first-order valence-electron chi connectivity index (χ1n) is 7.45. The summed E-state index contributed by atoms with van der Waals surface area (Å²) >= 11 is 5.88. The zero-order valence-corrected chi connectivity index (χ0v) is 12.6. The molecule has 0 bridgehead atoms. The van der Waals surface area contributed by atoms with Crippen molar-refractivity contribution in [2.45, 2.75) is 44.6 Å². The maximum Gasteiger partial charge on any atom is 0.0407 e. The molecule has 1 saturated carbocycles. The van der Waals surface area contributed by atoms with Gasteiger partial charge in [-0.25, -0.2) is 0 Å². The fourth-order valence-electron chi connectivity index (χ4n) is 2.83. The number of halogens is 1. The summed E-state index contributed by atoms with van der Waals surface area (Å²) in [5.74, 6) is 0. The largest absolute Gasteiger partial charge is 0.384 e. The molecule has 1 aromatic rings. The normalized spacial score (nSPS) is 17.4. The fraction of sp³-hybridized carbons (Fsp3) is 0.625. The molecule has 0 atom stereocenters. The van der Waals surface area contributed by atoms with Gasteiger partial charge in [-0.05, 0) is 44.2 Å². The third-order valence-corrected chi connectivity index (χ3v) is 4.34. The van der Waals surface area contributed by atoms with Crippen molar-refractivity contribution in [1.82, 2.24) is 4.90 Å². The molecule has 19 heavy (non-hydrogen) atoms. The first kappa shape index (κ1) is 14.7. The molecule has 0 amide bonds. The standard InChI is InChI=1S/C16H25ClN2/c1-19(16-6-4-2-3-5-7-16)13-12-18-15-10-8-14(17)9-11-15/h8-11,16,18H,2-7,12-13H2,1H3. The van der Waals surface area contributed by atoms with Gasteiger partial charge in [-0.3, -0.25) is 0 Å². The van der Waals surface area contributed by atoms with E-state index < -0.39 is 0 Å². The van der Waals surface area contributed by atoms with Crippen LogP contribution in [0.3, 0.4) is 0 Å². The number of nitrogens with one attached hydrogen (secondary N) is 1. The van der Waals surface area contributed by atoms with Gasteiger partial charge < -0.3 is 10.2 Å². The lowest BCUT2D eigenvalue weighted by Gasteiger charge is -2.27. The topological polar surface area (TPSA) is 15.3 Å². The Labute approximate surface area is 122 Å². The maximum atomic E-state index is 5.88. The van der Waals surface area contributed by atoms with Crippen LogP contribution in [0.15, 0.2) is 24.3 Å². The Balaban J connectivity index is 1.70. The predicted molar refractivity (Wildman–Crippen MR) is 84.1 cm³/mol. The number of likely N-dealkylation sites (N-methyl/N-ethyl adjacent to an activating group) is 1. The zero-order valence-electron chi connectivity index (χ0n) is 11.9. The average Bonchev–Trinajstić information content (AvgIpc) is 2.70. The summed E-state index contributed by atoms with van der Waals surface area (Å²) in [6.45, 7) is 2.10. The first-order chi connectivity index (χ1) is 9.25. The number of benzene rings is 1. The summed E-state index contributed by atoms with van der Waals surface area (Å²) in [5.41, 5.74) is 1.15. The Morgan fingerprint density at radius 3 is 2.37 bits per heavy atom. The molecule has 1 N–H and O–H groups in total. The molecule has 3 heteroatoms. The number of nitrogens with zero attached hydrogens (tertiary/aromatic N) is 1. The van der Waals surface area contributed by atoms with Crippen LogP contribution in [0.25, 0.3) is 0 Å². The molecule has 2 nitrogen and oxygen atoms in total. The van der Waals surface area contributed by atoms with Crippen molar-refractivity contribution in [2.75, 3.05) is 25.5 Å². The van der Waals surface area contributed by atoms with Gasteiger partial charge in [0.2, 0.25) is 0 Å². The number of hydrogen-bond acceptors (Lipinski definition) is 2. The van der Waals surface area contributed by atoms with E-state index in [9.17, 15) is 0 Å². The molecule has 0 saturated heterocycles. The number of hydrogen-bond donors (Lipinski definition) is 1. The molecule has 1 aliphatic carbocycles. The minimum atomic E-state index is 0.787. The Kier molecular flexibility index (Phi) is 5.99. The molecule has 2 rings (SSSR count). The predicted octanol–water partition coefficient (Wildman–Crippen LogP) is 4.41. The monoisotopic (exact) mass is 280 g/mol. The highest BCUT2D eigenvalue weighted by Crippen LogP contribution is 2.20. The highest BCUT2D eigenvalue weighted by Gasteiger charge is 2.16. The van der Waals surface area contributed by atoms with Crippen molar-refractivity contribution in [3.8, 4) is 0 Å². The van der Waals surface area contributed by atoms with Crippen LogP contribution in [0, 0.1) is 0 Å². The van der Waals surface area contributed by atoms with Gasteiger partial charge in [0.25, 0.3) is 0 Å². The molecule has 1 aliphatic rings. The van der Waals surface area contributed by atoms with Crippen LogP contribution in [-0.2, 0) is 0 Å². The van der Waals surface area contributed by atoms with Gasteiger partial charge in [-0.1, -0.05) is 37.3 Å². The van der Waals surface area contributed by atoms with E-state index in [-0.39, 0.29) is 0 Å². The summed E-state index contributed by atoms with van der Waals surface area (Å²) in [6, 6.07) is 8.72. The second kappa shape index (κ2) is 7.76. The van der Waals surface area contributed by atoms with E-state index in [0.717, 1.165) is 29.8 Å². The van der Waals surface area contributed by atoms with Gasteiger partial charge in [0.05, 0.1) is 0 Å². The lowest BCUT2D eigenvalue weighted by molar-refractivity contribution is 0.229. The highest BCUT2D eigenvalue weighted by molar-refractivity contribution is 6.30. The summed E-state index contributed by atoms with van der Waals surface area (Å²) in [4.78, 5) is 2.52. The van der Waals surface area contributed by atoms with E-state index in [1.807, 2.05) is 24.3 Å². The second-order valence-electron chi connectivity index (χ2n) is 5.56. The second-order valence-corrected chi connectivity index (χ2v) is 6.00.